The Bertz CT molecular complexity index is 456. The molecule has 0 aliphatic heterocycles. The molecule has 0 amide bonds. The lowest BCUT2D eigenvalue weighted by Crippen LogP contribution is -2.33. The van der Waals surface area contributed by atoms with Crippen LogP contribution in [0.25, 0.3) is 0 Å². The van der Waals surface area contributed by atoms with Gasteiger partial charge in [0, 0.05) is 12.6 Å². The monoisotopic (exact) mass is 264 g/mol. The number of halogens is 1. The van der Waals surface area contributed by atoms with Crippen molar-refractivity contribution >= 4 is 0 Å². The molecular formula is C15H21FN2O. The summed E-state index contributed by atoms with van der Waals surface area (Å²) in [4.78, 5) is 0. The molecule has 1 aromatic carbocycles. The Morgan fingerprint density at radius 3 is 2.63 bits per heavy atom. The molecule has 3 unspecified atom stereocenters. The van der Waals surface area contributed by atoms with E-state index in [0.29, 0.717) is 6.54 Å². The second-order valence-corrected chi connectivity index (χ2v) is 4.93. The first kappa shape index (κ1) is 15.6. The Balaban J connectivity index is 2.61. The van der Waals surface area contributed by atoms with Crippen LogP contribution in [0.3, 0.4) is 0 Å². The lowest BCUT2D eigenvalue weighted by molar-refractivity contribution is 0.110. The number of benzene rings is 1. The van der Waals surface area contributed by atoms with E-state index >= 15 is 0 Å². The predicted octanol–water partition coefficient (Wildman–Crippen LogP) is 2.75. The molecular weight excluding hydrogens is 243 g/mol. The third kappa shape index (κ3) is 4.30. The zero-order chi connectivity index (χ0) is 14.4. The second-order valence-electron chi connectivity index (χ2n) is 4.93. The topological polar surface area (TPSA) is 56.0 Å². The first-order chi connectivity index (χ1) is 8.99. The molecule has 104 valence electrons. The zero-order valence-corrected chi connectivity index (χ0v) is 11.7. The Kier molecular flexibility index (Phi) is 5.94. The lowest BCUT2D eigenvalue weighted by Gasteiger charge is -2.21. The van der Waals surface area contributed by atoms with Gasteiger partial charge in [0.2, 0.25) is 0 Å². The predicted molar refractivity (Wildman–Crippen MR) is 73.0 cm³/mol. The van der Waals surface area contributed by atoms with Gasteiger partial charge < -0.3 is 10.4 Å². The van der Waals surface area contributed by atoms with Gasteiger partial charge >= 0.3 is 0 Å². The van der Waals surface area contributed by atoms with Gasteiger partial charge in [-0.2, -0.15) is 5.26 Å². The van der Waals surface area contributed by atoms with E-state index < -0.39 is 11.9 Å². The molecule has 1 aromatic rings. The van der Waals surface area contributed by atoms with Crippen molar-refractivity contribution in [2.45, 2.75) is 39.3 Å². The third-order valence-electron chi connectivity index (χ3n) is 3.55. The molecule has 4 heteroatoms. The van der Waals surface area contributed by atoms with Crippen LogP contribution in [0.5, 0.6) is 0 Å². The lowest BCUT2D eigenvalue weighted by atomic mass is 10.0. The van der Waals surface area contributed by atoms with Crippen LogP contribution < -0.4 is 5.32 Å². The average Bonchev–Trinajstić information content (AvgIpc) is 2.43. The van der Waals surface area contributed by atoms with Gasteiger partial charge in [-0.05, 0) is 30.5 Å². The maximum atomic E-state index is 13.5. The highest BCUT2D eigenvalue weighted by Gasteiger charge is 2.14. The molecule has 0 saturated carbocycles. The number of aliphatic hydroxyl groups is 1. The second kappa shape index (κ2) is 7.22. The highest BCUT2D eigenvalue weighted by molar-refractivity contribution is 5.34. The van der Waals surface area contributed by atoms with Crippen LogP contribution in [-0.2, 0) is 0 Å². The first-order valence-corrected chi connectivity index (χ1v) is 6.60. The quantitative estimate of drug-likeness (QED) is 0.830. The highest BCUT2D eigenvalue weighted by atomic mass is 19.1. The van der Waals surface area contributed by atoms with Gasteiger partial charge in [0.05, 0.1) is 11.7 Å². The van der Waals surface area contributed by atoms with Crippen molar-refractivity contribution in [1.29, 1.82) is 5.26 Å². The molecule has 2 N–H and O–H groups in total. The number of rotatable bonds is 6. The molecule has 0 aliphatic rings. The van der Waals surface area contributed by atoms with E-state index in [2.05, 4.69) is 5.32 Å². The SMILES string of the molecule is CCC(C)C(O)CNC(C)c1ccc(C#N)c(F)c1. The van der Waals surface area contributed by atoms with Crippen LogP contribution in [-0.4, -0.2) is 17.8 Å². The Hall–Kier alpha value is -1.44. The molecule has 0 aliphatic carbocycles. The van der Waals surface area contributed by atoms with Gasteiger partial charge in [-0.15, -0.1) is 0 Å². The van der Waals surface area contributed by atoms with Crippen LogP contribution in [0.2, 0.25) is 0 Å². The highest BCUT2D eigenvalue weighted by Crippen LogP contribution is 2.17. The summed E-state index contributed by atoms with van der Waals surface area (Å²) in [5.41, 5.74) is 0.823. The Labute approximate surface area is 114 Å². The average molecular weight is 264 g/mol. The largest absolute Gasteiger partial charge is 0.392 e. The summed E-state index contributed by atoms with van der Waals surface area (Å²) < 4.78 is 13.5. The molecule has 0 saturated heterocycles. The van der Waals surface area contributed by atoms with Gasteiger partial charge in [0.25, 0.3) is 0 Å². The summed E-state index contributed by atoms with van der Waals surface area (Å²) in [5, 5.41) is 21.7. The number of nitrogens with one attached hydrogen (secondary N) is 1. The van der Waals surface area contributed by atoms with Crippen molar-refractivity contribution < 1.29 is 9.50 Å². The minimum Gasteiger partial charge on any atom is -0.392 e. The zero-order valence-electron chi connectivity index (χ0n) is 11.7. The van der Waals surface area contributed by atoms with Crippen molar-refractivity contribution in [1.82, 2.24) is 5.32 Å². The number of hydrogen-bond acceptors (Lipinski definition) is 3. The molecule has 19 heavy (non-hydrogen) atoms. The summed E-state index contributed by atoms with van der Waals surface area (Å²) in [5.74, 6) is -0.270. The van der Waals surface area contributed by atoms with Gasteiger partial charge in [-0.25, -0.2) is 4.39 Å². The smallest absolute Gasteiger partial charge is 0.141 e. The number of aliphatic hydroxyl groups excluding tert-OH is 1. The summed E-state index contributed by atoms with van der Waals surface area (Å²) in [6, 6.07) is 6.31. The van der Waals surface area contributed by atoms with E-state index in [1.807, 2.05) is 20.8 Å². The maximum absolute atomic E-state index is 13.5. The van der Waals surface area contributed by atoms with Gasteiger partial charge in [-0.1, -0.05) is 26.3 Å². The van der Waals surface area contributed by atoms with E-state index in [0.717, 1.165) is 12.0 Å². The van der Waals surface area contributed by atoms with Crippen molar-refractivity contribution in [3.05, 3.63) is 35.1 Å². The van der Waals surface area contributed by atoms with Gasteiger partial charge in [0.15, 0.2) is 0 Å². The molecule has 1 rings (SSSR count). The third-order valence-corrected chi connectivity index (χ3v) is 3.55. The van der Waals surface area contributed by atoms with E-state index in [-0.39, 0.29) is 17.5 Å². The Morgan fingerprint density at radius 2 is 2.11 bits per heavy atom. The number of hydrogen-bond donors (Lipinski definition) is 2. The fourth-order valence-corrected chi connectivity index (χ4v) is 1.78. The number of nitriles is 1. The molecule has 0 heterocycles. The minimum absolute atomic E-state index is 0.0515. The fraction of sp³-hybridized carbons (Fsp3) is 0.533. The summed E-state index contributed by atoms with van der Waals surface area (Å²) in [6.45, 7) is 6.41. The van der Waals surface area contributed by atoms with Crippen molar-refractivity contribution in [3.8, 4) is 6.07 Å². The maximum Gasteiger partial charge on any atom is 0.141 e. The number of nitrogens with zero attached hydrogens (tertiary/aromatic N) is 1. The molecule has 0 aromatic heterocycles. The molecule has 0 fully saturated rings. The first-order valence-electron chi connectivity index (χ1n) is 6.60. The molecule has 0 spiro atoms. The van der Waals surface area contributed by atoms with Crippen molar-refractivity contribution in [3.63, 3.8) is 0 Å². The van der Waals surface area contributed by atoms with Crippen LogP contribution in [0.1, 0.15) is 44.4 Å². The van der Waals surface area contributed by atoms with Crippen molar-refractivity contribution in [2.75, 3.05) is 6.54 Å². The van der Waals surface area contributed by atoms with Gasteiger partial charge in [-0.3, -0.25) is 0 Å². The van der Waals surface area contributed by atoms with Crippen molar-refractivity contribution in [2.24, 2.45) is 5.92 Å². The Morgan fingerprint density at radius 1 is 1.42 bits per heavy atom. The van der Waals surface area contributed by atoms with E-state index in [1.54, 1.807) is 12.1 Å². The molecule has 3 nitrogen and oxygen atoms in total. The minimum atomic E-state index is -0.504. The fourth-order valence-electron chi connectivity index (χ4n) is 1.78. The van der Waals surface area contributed by atoms with Crippen LogP contribution >= 0.6 is 0 Å². The van der Waals surface area contributed by atoms with E-state index in [4.69, 9.17) is 5.26 Å². The van der Waals surface area contributed by atoms with E-state index in [1.165, 1.54) is 12.1 Å². The molecule has 0 radical (unpaired) electrons. The summed E-state index contributed by atoms with van der Waals surface area (Å²) in [7, 11) is 0. The van der Waals surface area contributed by atoms with Gasteiger partial charge in [0.1, 0.15) is 11.9 Å². The van der Waals surface area contributed by atoms with Crippen LogP contribution in [0, 0.1) is 23.1 Å². The normalized spacial score (nSPS) is 15.6. The van der Waals surface area contributed by atoms with Crippen LogP contribution in [0.15, 0.2) is 18.2 Å². The standard InChI is InChI=1S/C15H21FN2O/c1-4-10(2)15(19)9-18-11(3)12-5-6-13(8-17)14(16)7-12/h5-7,10-11,15,18-19H,4,9H2,1-3H3. The van der Waals surface area contributed by atoms with Crippen LogP contribution in [0.4, 0.5) is 4.39 Å². The molecule has 3 atom stereocenters. The summed E-state index contributed by atoms with van der Waals surface area (Å²) in [6.07, 6.45) is 0.513. The summed E-state index contributed by atoms with van der Waals surface area (Å²) >= 11 is 0. The molecule has 0 bridgehead atoms. The van der Waals surface area contributed by atoms with E-state index in [9.17, 15) is 9.50 Å².